The molecule has 0 aromatic carbocycles. The van der Waals surface area contributed by atoms with Crippen LogP contribution in [0.1, 0.15) is 54.2 Å². The van der Waals surface area contributed by atoms with Crippen LogP contribution in [0.5, 0.6) is 0 Å². The third-order valence-corrected chi connectivity index (χ3v) is 2.91. The van der Waals surface area contributed by atoms with Crippen molar-refractivity contribution in [3.63, 3.8) is 0 Å². The maximum atomic E-state index is 12.9. The van der Waals surface area contributed by atoms with Crippen LogP contribution in [0.15, 0.2) is 4.42 Å². The van der Waals surface area contributed by atoms with Crippen molar-refractivity contribution in [3.05, 3.63) is 17.3 Å². The number of hydrogen-bond donors (Lipinski definition) is 0. The molecule has 1 aliphatic heterocycles. The van der Waals surface area contributed by atoms with Gasteiger partial charge in [-0.3, -0.25) is 0 Å². The Labute approximate surface area is 108 Å². The van der Waals surface area contributed by atoms with E-state index in [1.807, 2.05) is 0 Å². The van der Waals surface area contributed by atoms with Gasteiger partial charge in [0.05, 0.1) is 6.61 Å². The monoisotopic (exact) mass is 275 g/mol. The van der Waals surface area contributed by atoms with E-state index in [-0.39, 0.29) is 18.4 Å². The van der Waals surface area contributed by atoms with Crippen molar-refractivity contribution in [2.75, 3.05) is 19.8 Å². The summed E-state index contributed by atoms with van der Waals surface area (Å²) in [6.07, 6.45) is -1.58. The lowest BCUT2D eigenvalue weighted by Crippen LogP contribution is -2.14. The first-order chi connectivity index (χ1) is 9.13. The van der Waals surface area contributed by atoms with Crippen LogP contribution in [0, 0.1) is 0 Å². The van der Waals surface area contributed by atoms with Gasteiger partial charge in [0, 0.05) is 19.1 Å². The van der Waals surface area contributed by atoms with Crippen molar-refractivity contribution in [2.45, 2.75) is 32.1 Å². The van der Waals surface area contributed by atoms with Crippen LogP contribution < -0.4 is 0 Å². The molecule has 7 heteroatoms. The summed E-state index contributed by atoms with van der Waals surface area (Å²) in [7, 11) is 0. The van der Waals surface area contributed by atoms with E-state index in [1.54, 1.807) is 6.92 Å². The molecule has 1 aromatic heterocycles. The minimum absolute atomic E-state index is 0.0885. The number of hydrogen-bond acceptors (Lipinski definition) is 5. The summed E-state index contributed by atoms with van der Waals surface area (Å²) in [4.78, 5) is 15.3. The van der Waals surface area contributed by atoms with E-state index in [0.717, 1.165) is 0 Å². The highest BCUT2D eigenvalue weighted by Gasteiger charge is 2.30. The largest absolute Gasteiger partial charge is 0.460 e. The molecular formula is C12H15F2NO4. The number of carbonyl (C=O) groups excluding carboxylic acids is 1. The van der Waals surface area contributed by atoms with Crippen LogP contribution in [0.3, 0.4) is 0 Å². The topological polar surface area (TPSA) is 61.6 Å². The summed E-state index contributed by atoms with van der Waals surface area (Å²) < 4.78 is 40.8. The number of esters is 1. The number of alkyl halides is 2. The third kappa shape index (κ3) is 3.09. The highest BCUT2D eigenvalue weighted by Crippen LogP contribution is 2.31. The minimum atomic E-state index is -2.86. The molecule has 2 rings (SSSR count). The molecule has 1 fully saturated rings. The summed E-state index contributed by atoms with van der Waals surface area (Å²) in [5.41, 5.74) is -0.639. The number of halogens is 2. The van der Waals surface area contributed by atoms with E-state index >= 15 is 0 Å². The van der Waals surface area contributed by atoms with Crippen molar-refractivity contribution >= 4 is 5.97 Å². The van der Waals surface area contributed by atoms with Crippen LogP contribution in [0.25, 0.3) is 0 Å². The van der Waals surface area contributed by atoms with Gasteiger partial charge in [0.1, 0.15) is 0 Å². The molecule has 0 saturated carbocycles. The lowest BCUT2D eigenvalue weighted by molar-refractivity contribution is 0.0468. The Morgan fingerprint density at radius 3 is 2.74 bits per heavy atom. The smallest absolute Gasteiger partial charge is 0.376 e. The van der Waals surface area contributed by atoms with Crippen molar-refractivity contribution < 1.29 is 27.5 Å². The van der Waals surface area contributed by atoms with Gasteiger partial charge in [-0.25, -0.2) is 18.6 Å². The maximum Gasteiger partial charge on any atom is 0.376 e. The number of ether oxygens (including phenoxy) is 2. The Kier molecular flexibility index (Phi) is 4.47. The molecule has 1 aromatic rings. The molecular weight excluding hydrogens is 260 g/mol. The molecule has 0 atom stereocenters. The van der Waals surface area contributed by atoms with E-state index in [9.17, 15) is 13.6 Å². The van der Waals surface area contributed by atoms with E-state index in [4.69, 9.17) is 9.15 Å². The van der Waals surface area contributed by atoms with E-state index in [2.05, 4.69) is 9.72 Å². The molecule has 0 unspecified atom stereocenters. The second-order valence-corrected chi connectivity index (χ2v) is 4.17. The first kappa shape index (κ1) is 13.9. The summed E-state index contributed by atoms with van der Waals surface area (Å²) >= 11 is 0. The molecule has 1 saturated heterocycles. The van der Waals surface area contributed by atoms with Crippen molar-refractivity contribution in [1.29, 1.82) is 0 Å². The first-order valence-electron chi connectivity index (χ1n) is 6.17. The van der Waals surface area contributed by atoms with E-state index < -0.39 is 23.8 Å². The molecule has 0 radical (unpaired) electrons. The van der Waals surface area contributed by atoms with Gasteiger partial charge in [-0.1, -0.05) is 0 Å². The Morgan fingerprint density at radius 2 is 2.16 bits per heavy atom. The van der Waals surface area contributed by atoms with Crippen LogP contribution >= 0.6 is 0 Å². The second kappa shape index (κ2) is 6.10. The molecule has 5 nitrogen and oxygen atoms in total. The fourth-order valence-electron chi connectivity index (χ4n) is 1.96. The average Bonchev–Trinajstić information content (AvgIpc) is 2.85. The van der Waals surface area contributed by atoms with Crippen LogP contribution in [-0.4, -0.2) is 30.8 Å². The van der Waals surface area contributed by atoms with Crippen LogP contribution in [0.4, 0.5) is 8.78 Å². The number of rotatable bonds is 4. The third-order valence-electron chi connectivity index (χ3n) is 2.91. The lowest BCUT2D eigenvalue weighted by atomic mass is 10.0. The van der Waals surface area contributed by atoms with Crippen LogP contribution in [0.2, 0.25) is 0 Å². The van der Waals surface area contributed by atoms with Crippen LogP contribution in [-0.2, 0) is 9.47 Å². The van der Waals surface area contributed by atoms with Gasteiger partial charge in [-0.05, 0) is 19.8 Å². The standard InChI is InChI=1S/C12H15F2NO4/c1-2-18-12(16)9-8(10(13)14)15-11(19-9)7-3-5-17-6-4-7/h7,10H,2-6H2,1H3. The van der Waals surface area contributed by atoms with Gasteiger partial charge >= 0.3 is 5.97 Å². The highest BCUT2D eigenvalue weighted by atomic mass is 19.3. The molecule has 1 aliphatic rings. The number of nitrogens with zero attached hydrogens (tertiary/aromatic N) is 1. The Balaban J connectivity index is 2.26. The molecule has 0 bridgehead atoms. The predicted molar refractivity (Wildman–Crippen MR) is 60.2 cm³/mol. The van der Waals surface area contributed by atoms with Crippen molar-refractivity contribution in [3.8, 4) is 0 Å². The van der Waals surface area contributed by atoms with Gasteiger partial charge in [-0.2, -0.15) is 0 Å². The molecule has 106 valence electrons. The summed E-state index contributed by atoms with van der Waals surface area (Å²) in [6, 6.07) is 0. The number of oxazole rings is 1. The van der Waals surface area contributed by atoms with Gasteiger partial charge in [0.25, 0.3) is 6.43 Å². The molecule has 0 N–H and O–H groups in total. The van der Waals surface area contributed by atoms with Gasteiger partial charge < -0.3 is 13.9 Å². The highest BCUT2D eigenvalue weighted by molar-refractivity contribution is 5.87. The fourth-order valence-corrected chi connectivity index (χ4v) is 1.96. The first-order valence-corrected chi connectivity index (χ1v) is 6.17. The summed E-state index contributed by atoms with van der Waals surface area (Å²) in [5.74, 6) is -1.31. The molecule has 0 spiro atoms. The molecule has 0 amide bonds. The Morgan fingerprint density at radius 1 is 1.47 bits per heavy atom. The number of aromatic nitrogens is 1. The summed E-state index contributed by atoms with van der Waals surface area (Å²) in [5, 5.41) is 0. The van der Waals surface area contributed by atoms with Gasteiger partial charge in [0.15, 0.2) is 11.6 Å². The normalized spacial score (nSPS) is 16.8. The molecule has 0 aliphatic carbocycles. The fraction of sp³-hybridized carbons (Fsp3) is 0.667. The molecule has 2 heterocycles. The van der Waals surface area contributed by atoms with E-state index in [1.165, 1.54) is 0 Å². The van der Waals surface area contributed by atoms with E-state index in [0.29, 0.717) is 26.1 Å². The second-order valence-electron chi connectivity index (χ2n) is 4.17. The Bertz CT molecular complexity index is 441. The van der Waals surface area contributed by atoms with Crippen molar-refractivity contribution in [1.82, 2.24) is 4.98 Å². The Hall–Kier alpha value is -1.50. The van der Waals surface area contributed by atoms with Gasteiger partial charge in [-0.15, -0.1) is 0 Å². The average molecular weight is 275 g/mol. The SMILES string of the molecule is CCOC(=O)c1oc(C2CCOCC2)nc1C(F)F. The van der Waals surface area contributed by atoms with Gasteiger partial charge in [0.2, 0.25) is 5.76 Å². The predicted octanol–water partition coefficient (Wildman–Crippen LogP) is 2.68. The zero-order valence-corrected chi connectivity index (χ0v) is 10.5. The number of carbonyl (C=O) groups is 1. The van der Waals surface area contributed by atoms with Crippen molar-refractivity contribution in [2.24, 2.45) is 0 Å². The minimum Gasteiger partial charge on any atom is -0.460 e. The zero-order valence-electron chi connectivity index (χ0n) is 10.5. The summed E-state index contributed by atoms with van der Waals surface area (Å²) in [6.45, 7) is 2.75. The molecule has 19 heavy (non-hydrogen) atoms. The lowest BCUT2D eigenvalue weighted by Gasteiger charge is -2.18. The maximum absolute atomic E-state index is 12.9. The zero-order chi connectivity index (χ0) is 13.8. The quantitative estimate of drug-likeness (QED) is 0.790.